The van der Waals surface area contributed by atoms with Crippen LogP contribution in [0.2, 0.25) is 0 Å². The van der Waals surface area contributed by atoms with E-state index in [1.807, 2.05) is 0 Å². The van der Waals surface area contributed by atoms with E-state index >= 15 is 0 Å². The molecule has 0 aromatic heterocycles. The van der Waals surface area contributed by atoms with Crippen molar-refractivity contribution in [1.29, 1.82) is 0 Å². The molecule has 10 rings (SSSR count). The van der Waals surface area contributed by atoms with Gasteiger partial charge in [0.2, 0.25) is 0 Å². The Morgan fingerprint density at radius 2 is 1.05 bits per heavy atom. The number of ether oxygens (including phenoxy) is 2. The number of carbonyl (C=O) groups is 7. The lowest BCUT2D eigenvalue weighted by molar-refractivity contribution is -0.175. The lowest BCUT2D eigenvalue weighted by atomic mass is 9.44. The molecule has 4 saturated carbocycles. The largest absolute Gasteiger partial charge is 0.459 e. The summed E-state index contributed by atoms with van der Waals surface area (Å²) >= 11 is 0. The molecule has 4 aromatic rings. The summed E-state index contributed by atoms with van der Waals surface area (Å²) in [6.07, 6.45) is 5.47. The Bertz CT molecular complexity index is 2600. The van der Waals surface area contributed by atoms with E-state index in [0.717, 1.165) is 32.1 Å². The molecule has 60 heavy (non-hydrogen) atoms. The molecule has 0 unspecified atom stereocenters. The Morgan fingerprint density at radius 3 is 1.58 bits per heavy atom. The summed E-state index contributed by atoms with van der Waals surface area (Å²) in [6.45, 7) is 6.14. The summed E-state index contributed by atoms with van der Waals surface area (Å²) in [7, 11) is 0. The predicted molar refractivity (Wildman–Crippen MR) is 219 cm³/mol. The molecule has 0 radical (unpaired) electrons. The first-order valence-electron chi connectivity index (χ1n) is 21.4. The number of rotatable bonds is 5. The summed E-state index contributed by atoms with van der Waals surface area (Å²) in [5.41, 5.74) is 2.06. The average Bonchev–Trinajstić information content (AvgIpc) is 3.63. The van der Waals surface area contributed by atoms with Gasteiger partial charge in [-0.2, -0.15) is 0 Å². The highest BCUT2D eigenvalue weighted by Crippen LogP contribution is 2.68. The zero-order valence-electron chi connectivity index (χ0n) is 34.0. The van der Waals surface area contributed by atoms with Gasteiger partial charge in [0, 0.05) is 55.8 Å². The maximum atomic E-state index is 14.2. The van der Waals surface area contributed by atoms with Crippen molar-refractivity contribution in [3.8, 4) is 0 Å². The number of Topliss-reactive ketones (excluding diaryl/α,β-unsaturated/α-hetero) is 1. The van der Waals surface area contributed by atoms with Gasteiger partial charge in [-0.3, -0.25) is 24.0 Å². The lowest BCUT2D eigenvalue weighted by Crippen LogP contribution is -2.59. The summed E-state index contributed by atoms with van der Waals surface area (Å²) < 4.78 is 12.7. The van der Waals surface area contributed by atoms with Crippen LogP contribution in [0.3, 0.4) is 0 Å². The molecule has 0 saturated heterocycles. The van der Waals surface area contributed by atoms with Gasteiger partial charge in [-0.25, -0.2) is 9.59 Å². The van der Waals surface area contributed by atoms with Gasteiger partial charge in [0.15, 0.2) is 23.1 Å². The van der Waals surface area contributed by atoms with Gasteiger partial charge in [0.25, 0.3) is 0 Å². The monoisotopic (exact) mass is 802 g/mol. The molecular formula is C51H46O9. The maximum Gasteiger partial charge on any atom is 0.338 e. The van der Waals surface area contributed by atoms with E-state index in [1.54, 1.807) is 79.7 Å². The van der Waals surface area contributed by atoms with Crippen molar-refractivity contribution < 1.29 is 43.0 Å². The summed E-state index contributed by atoms with van der Waals surface area (Å²) in [5, 5.41) is 0. The Morgan fingerprint density at radius 1 is 0.550 bits per heavy atom. The number of fused-ring (bicyclic) bond motifs is 9. The van der Waals surface area contributed by atoms with Crippen molar-refractivity contribution in [3.05, 3.63) is 141 Å². The fraction of sp³-hybridized carbons (Fsp3) is 0.392. The average molecular weight is 803 g/mol. The van der Waals surface area contributed by atoms with E-state index in [9.17, 15) is 33.6 Å². The first-order chi connectivity index (χ1) is 28.8. The number of hydrogen-bond acceptors (Lipinski definition) is 9. The molecule has 0 N–H and O–H groups in total. The smallest absolute Gasteiger partial charge is 0.338 e. The molecule has 0 amide bonds. The first-order valence-corrected chi connectivity index (χ1v) is 21.4. The van der Waals surface area contributed by atoms with Crippen LogP contribution in [0.25, 0.3) is 0 Å². The highest BCUT2D eigenvalue weighted by molar-refractivity contribution is 6.29. The maximum absolute atomic E-state index is 14.2. The third kappa shape index (κ3) is 5.60. The molecule has 0 heterocycles. The third-order valence-corrected chi connectivity index (χ3v) is 16.0. The predicted octanol–water partition coefficient (Wildman–Crippen LogP) is 8.85. The summed E-state index contributed by atoms with van der Waals surface area (Å²) in [5.74, 6) is -1.32. The molecule has 6 aliphatic carbocycles. The van der Waals surface area contributed by atoms with Crippen LogP contribution < -0.4 is 0 Å². The van der Waals surface area contributed by atoms with Crippen molar-refractivity contribution in [3.63, 3.8) is 0 Å². The number of esters is 2. The third-order valence-electron chi connectivity index (χ3n) is 16.0. The van der Waals surface area contributed by atoms with Gasteiger partial charge in [0.05, 0.1) is 11.1 Å². The zero-order chi connectivity index (χ0) is 41.8. The highest BCUT2D eigenvalue weighted by atomic mass is 16.5. The molecule has 304 valence electrons. The summed E-state index contributed by atoms with van der Waals surface area (Å²) in [6, 6.07) is 22.6. The number of benzene rings is 4. The molecule has 4 fully saturated rings. The zero-order valence-corrected chi connectivity index (χ0v) is 34.0. The molecule has 9 heteroatoms. The molecule has 6 aliphatic rings. The van der Waals surface area contributed by atoms with Crippen LogP contribution in [0, 0.1) is 40.4 Å². The van der Waals surface area contributed by atoms with E-state index in [-0.39, 0.29) is 97.5 Å². The second kappa shape index (κ2) is 13.9. The van der Waals surface area contributed by atoms with E-state index in [2.05, 4.69) is 13.8 Å². The molecule has 0 aliphatic heterocycles. The fourth-order valence-corrected chi connectivity index (χ4v) is 13.0. The standard InChI is InChI=1S/C51H46O9/c1-26(52)40-18-19-41-37-17-14-29-24-30(59-48(57)27-12-15-35-38(22-27)46(55)33-10-6-4-8-31(33)44(35)53)20-21-50(29,2)42(37)25-43(51(40,41)3)60-49(58)28-13-16-36-39(23-28)47(56)34-11-7-5-9-32(34)45(36)54/h4-13,15-16,22-23,29-30,37,40-43H,14,17-21,24-25H2,1-3H3/t29-,30-,37+,40+,41-,42-,43-,50+,51+/m1/s1. The van der Waals surface area contributed by atoms with Crippen molar-refractivity contribution in [2.24, 2.45) is 40.4 Å². The molecule has 0 bridgehead atoms. The second-order valence-electron chi connectivity index (χ2n) is 18.6. The lowest BCUT2D eigenvalue weighted by Gasteiger charge is -2.62. The van der Waals surface area contributed by atoms with Crippen LogP contribution in [0.1, 0.15) is 157 Å². The minimum Gasteiger partial charge on any atom is -0.459 e. The van der Waals surface area contributed by atoms with Gasteiger partial charge in [0.1, 0.15) is 18.0 Å². The second-order valence-corrected chi connectivity index (χ2v) is 18.6. The van der Waals surface area contributed by atoms with Gasteiger partial charge in [-0.05, 0) is 124 Å². The fourth-order valence-electron chi connectivity index (χ4n) is 13.0. The molecule has 9 atom stereocenters. The van der Waals surface area contributed by atoms with Crippen LogP contribution in [-0.4, -0.2) is 53.1 Å². The Balaban J connectivity index is 0.881. The van der Waals surface area contributed by atoms with Crippen LogP contribution >= 0.6 is 0 Å². The van der Waals surface area contributed by atoms with Crippen molar-refractivity contribution in [2.45, 2.75) is 84.3 Å². The minimum atomic E-state index is -0.569. The van der Waals surface area contributed by atoms with Crippen LogP contribution in [0.15, 0.2) is 84.9 Å². The van der Waals surface area contributed by atoms with Gasteiger partial charge < -0.3 is 9.47 Å². The van der Waals surface area contributed by atoms with Gasteiger partial charge in [-0.1, -0.05) is 62.4 Å². The van der Waals surface area contributed by atoms with E-state index in [4.69, 9.17) is 9.47 Å². The van der Waals surface area contributed by atoms with Crippen LogP contribution in [0.5, 0.6) is 0 Å². The number of ketones is 5. The van der Waals surface area contributed by atoms with E-state index < -0.39 is 23.5 Å². The topological polar surface area (TPSA) is 138 Å². The number of carbonyl (C=O) groups excluding carboxylic acids is 7. The Kier molecular flexibility index (Phi) is 8.87. The minimum absolute atomic E-state index is 0.109. The van der Waals surface area contributed by atoms with Crippen LogP contribution in [0.4, 0.5) is 0 Å². The van der Waals surface area contributed by atoms with Gasteiger partial charge in [-0.15, -0.1) is 0 Å². The van der Waals surface area contributed by atoms with Crippen LogP contribution in [-0.2, 0) is 14.3 Å². The van der Waals surface area contributed by atoms with Crippen molar-refractivity contribution in [1.82, 2.24) is 0 Å². The van der Waals surface area contributed by atoms with Crippen molar-refractivity contribution >= 4 is 40.9 Å². The van der Waals surface area contributed by atoms with E-state index in [1.165, 1.54) is 12.1 Å². The first kappa shape index (κ1) is 38.4. The highest BCUT2D eigenvalue weighted by Gasteiger charge is 2.65. The molecule has 0 spiro atoms. The Hall–Kier alpha value is -5.83. The number of hydrogen-bond donors (Lipinski definition) is 0. The molecular weight excluding hydrogens is 757 g/mol. The quantitative estimate of drug-likeness (QED) is 0.157. The van der Waals surface area contributed by atoms with Crippen molar-refractivity contribution in [2.75, 3.05) is 0 Å². The molecule has 9 nitrogen and oxygen atoms in total. The van der Waals surface area contributed by atoms with Gasteiger partial charge >= 0.3 is 11.9 Å². The molecule has 4 aromatic carbocycles. The normalized spacial score (nSPS) is 31.0. The SMILES string of the molecule is CC(=O)[C@@H]1CC[C@@H]2[C@@H]3CC[C@@H]4C[C@H](OC(=O)c5ccc6c(c5)C(=O)c5ccccc5C6=O)CC[C@]4(C)[C@@H]3C[C@@H](OC(=O)c3ccc4c(c3)C(=O)c3ccccc3C4=O)[C@]21C. The Labute approximate surface area is 348 Å². The van der Waals surface area contributed by atoms with E-state index in [0.29, 0.717) is 47.4 Å². The summed E-state index contributed by atoms with van der Waals surface area (Å²) in [4.78, 5) is 94.5.